The number of carbonyl (C=O) groups is 2. The van der Waals surface area contributed by atoms with E-state index in [2.05, 4.69) is 10.4 Å². The number of nitrogens with one attached hydrogen (secondary N) is 1. The topological polar surface area (TPSA) is 151 Å². The number of nitro groups is 1. The van der Waals surface area contributed by atoms with E-state index in [-0.39, 0.29) is 22.8 Å². The molecule has 1 aliphatic rings. The highest BCUT2D eigenvalue weighted by Crippen LogP contribution is 2.37. The van der Waals surface area contributed by atoms with Gasteiger partial charge in [0.05, 0.1) is 16.3 Å². The first-order valence-corrected chi connectivity index (χ1v) is 8.45. The molecular formula is C17H13ClFN5O5. The maximum absolute atomic E-state index is 13.1. The number of rotatable bonds is 5. The Morgan fingerprint density at radius 1 is 1.34 bits per heavy atom. The maximum Gasteiger partial charge on any atom is 0.314 e. The SMILES string of the molecule is NC(=O)[C@@H]1CC(C(=O)Nc2cc(Cl)cc([N+](=O)[O-])c2O)=NN1c1ccc(F)cc1. The molecule has 0 saturated carbocycles. The molecule has 0 fully saturated rings. The van der Waals surface area contributed by atoms with E-state index in [1.807, 2.05) is 0 Å². The number of carbonyl (C=O) groups excluding carboxylic acids is 2. The van der Waals surface area contributed by atoms with Crippen LogP contribution in [0.5, 0.6) is 5.75 Å². The number of nitrogens with two attached hydrogens (primary N) is 1. The van der Waals surface area contributed by atoms with E-state index in [4.69, 9.17) is 17.3 Å². The number of benzene rings is 2. The van der Waals surface area contributed by atoms with E-state index in [1.165, 1.54) is 17.1 Å². The maximum atomic E-state index is 13.1. The van der Waals surface area contributed by atoms with Crippen LogP contribution in [0.4, 0.5) is 21.5 Å². The normalized spacial score (nSPS) is 15.7. The van der Waals surface area contributed by atoms with Crippen molar-refractivity contribution in [1.29, 1.82) is 0 Å². The van der Waals surface area contributed by atoms with Crippen LogP contribution in [0, 0.1) is 15.9 Å². The number of primary amides is 1. The Labute approximate surface area is 167 Å². The third-order valence-corrected chi connectivity index (χ3v) is 4.31. The summed E-state index contributed by atoms with van der Waals surface area (Å²) in [5.74, 6) is -2.87. The molecule has 4 N–H and O–H groups in total. The largest absolute Gasteiger partial charge is 0.501 e. The van der Waals surface area contributed by atoms with Crippen LogP contribution in [0.1, 0.15) is 6.42 Å². The number of hydrogen-bond donors (Lipinski definition) is 3. The second-order valence-corrected chi connectivity index (χ2v) is 6.46. The molecule has 2 aromatic rings. The van der Waals surface area contributed by atoms with Gasteiger partial charge in [-0.25, -0.2) is 4.39 Å². The molecular weight excluding hydrogens is 409 g/mol. The second-order valence-electron chi connectivity index (χ2n) is 6.02. The van der Waals surface area contributed by atoms with Crippen molar-refractivity contribution >= 4 is 46.2 Å². The second kappa shape index (κ2) is 7.72. The van der Waals surface area contributed by atoms with Crippen molar-refractivity contribution in [2.75, 3.05) is 10.3 Å². The number of hydrazone groups is 1. The number of hydrogen-bond acceptors (Lipinski definition) is 7. The molecule has 0 saturated heterocycles. The summed E-state index contributed by atoms with van der Waals surface area (Å²) < 4.78 is 13.1. The van der Waals surface area contributed by atoms with Crippen LogP contribution in [0.15, 0.2) is 41.5 Å². The Morgan fingerprint density at radius 2 is 2.00 bits per heavy atom. The smallest absolute Gasteiger partial charge is 0.314 e. The summed E-state index contributed by atoms with van der Waals surface area (Å²) in [6.07, 6.45) is -0.165. The molecule has 1 atom stereocenters. The van der Waals surface area contributed by atoms with E-state index < -0.39 is 40.0 Å². The molecule has 0 radical (unpaired) electrons. The minimum atomic E-state index is -0.997. The van der Waals surface area contributed by atoms with Crippen molar-refractivity contribution in [2.45, 2.75) is 12.5 Å². The number of anilines is 2. The summed E-state index contributed by atoms with van der Waals surface area (Å²) in [5.41, 5.74) is 4.59. The first-order chi connectivity index (χ1) is 13.7. The molecule has 29 heavy (non-hydrogen) atoms. The van der Waals surface area contributed by atoms with Crippen molar-refractivity contribution in [3.05, 3.63) is 57.4 Å². The van der Waals surface area contributed by atoms with Gasteiger partial charge in [-0.15, -0.1) is 0 Å². The number of halogens is 2. The molecule has 150 valence electrons. The van der Waals surface area contributed by atoms with E-state index in [0.717, 1.165) is 24.3 Å². The lowest BCUT2D eigenvalue weighted by Gasteiger charge is -2.20. The Morgan fingerprint density at radius 3 is 2.59 bits per heavy atom. The van der Waals surface area contributed by atoms with Crippen LogP contribution in [0.25, 0.3) is 0 Å². The summed E-state index contributed by atoms with van der Waals surface area (Å²) in [7, 11) is 0. The van der Waals surface area contributed by atoms with Gasteiger partial charge in [-0.3, -0.25) is 24.7 Å². The molecule has 3 rings (SSSR count). The summed E-state index contributed by atoms with van der Waals surface area (Å²) in [5, 5.41) is 28.4. The molecule has 0 spiro atoms. The van der Waals surface area contributed by atoms with Gasteiger partial charge in [-0.2, -0.15) is 5.10 Å². The van der Waals surface area contributed by atoms with Gasteiger partial charge >= 0.3 is 5.69 Å². The fourth-order valence-electron chi connectivity index (χ4n) is 2.71. The van der Waals surface area contributed by atoms with Crippen LogP contribution >= 0.6 is 11.6 Å². The number of phenols is 1. The molecule has 1 heterocycles. The third kappa shape index (κ3) is 4.09. The molecule has 2 aromatic carbocycles. The zero-order valence-electron chi connectivity index (χ0n) is 14.5. The van der Waals surface area contributed by atoms with Gasteiger partial charge in [0.15, 0.2) is 0 Å². The van der Waals surface area contributed by atoms with Crippen molar-refractivity contribution < 1.29 is 24.0 Å². The highest BCUT2D eigenvalue weighted by atomic mass is 35.5. The fourth-order valence-corrected chi connectivity index (χ4v) is 2.93. The molecule has 0 bridgehead atoms. The van der Waals surface area contributed by atoms with E-state index in [9.17, 15) is 29.2 Å². The summed E-state index contributed by atoms with van der Waals surface area (Å²) >= 11 is 5.79. The minimum absolute atomic E-state index is 0.0823. The zero-order chi connectivity index (χ0) is 21.3. The predicted octanol–water partition coefficient (Wildman–Crippen LogP) is 2.15. The lowest BCUT2D eigenvalue weighted by atomic mass is 10.1. The highest BCUT2D eigenvalue weighted by molar-refractivity contribution is 6.44. The highest BCUT2D eigenvalue weighted by Gasteiger charge is 2.35. The zero-order valence-corrected chi connectivity index (χ0v) is 15.3. The Balaban J connectivity index is 1.89. The standard InChI is InChI=1S/C17H13ClFN5O5/c18-8-5-11(15(25)13(6-8)24(28)29)21-17(27)12-7-14(16(20)26)23(22-12)10-3-1-9(19)2-4-10/h1-6,14,25H,7H2,(H2,20,26)(H,21,27)/t14-/m0/s1. The van der Waals surface area contributed by atoms with Crippen LogP contribution < -0.4 is 16.1 Å². The van der Waals surface area contributed by atoms with Gasteiger partial charge < -0.3 is 16.2 Å². The van der Waals surface area contributed by atoms with Crippen LogP contribution in [-0.2, 0) is 9.59 Å². The molecule has 0 unspecified atom stereocenters. The molecule has 2 amide bonds. The number of aromatic hydroxyl groups is 1. The van der Waals surface area contributed by atoms with Crippen LogP contribution in [0.2, 0.25) is 5.02 Å². The van der Waals surface area contributed by atoms with Gasteiger partial charge in [0.2, 0.25) is 11.7 Å². The van der Waals surface area contributed by atoms with Gasteiger partial charge in [0.25, 0.3) is 5.91 Å². The van der Waals surface area contributed by atoms with Crippen LogP contribution in [-0.4, -0.2) is 33.6 Å². The van der Waals surface area contributed by atoms with Crippen LogP contribution in [0.3, 0.4) is 0 Å². The lowest BCUT2D eigenvalue weighted by Crippen LogP contribution is -2.39. The number of nitro benzene ring substituents is 1. The first-order valence-electron chi connectivity index (χ1n) is 8.07. The van der Waals surface area contributed by atoms with Gasteiger partial charge in [-0.05, 0) is 30.3 Å². The lowest BCUT2D eigenvalue weighted by molar-refractivity contribution is -0.385. The predicted molar refractivity (Wildman–Crippen MR) is 102 cm³/mol. The van der Waals surface area contributed by atoms with Crippen molar-refractivity contribution in [1.82, 2.24) is 0 Å². The van der Waals surface area contributed by atoms with E-state index >= 15 is 0 Å². The number of phenolic OH excluding ortho intramolecular Hbond substituents is 1. The first kappa shape index (κ1) is 20.0. The van der Waals surface area contributed by atoms with Crippen molar-refractivity contribution in [2.24, 2.45) is 10.8 Å². The molecule has 1 aliphatic heterocycles. The average Bonchev–Trinajstić information content (AvgIpc) is 3.10. The van der Waals surface area contributed by atoms with Gasteiger partial charge in [0, 0.05) is 17.5 Å². The number of nitrogens with zero attached hydrogens (tertiary/aromatic N) is 3. The fraction of sp³-hybridized carbons (Fsp3) is 0.118. The van der Waals surface area contributed by atoms with E-state index in [0.29, 0.717) is 5.69 Å². The average molecular weight is 422 g/mol. The third-order valence-electron chi connectivity index (χ3n) is 4.09. The Kier molecular flexibility index (Phi) is 5.33. The summed E-state index contributed by atoms with van der Waals surface area (Å²) in [6, 6.07) is 6.10. The van der Waals surface area contributed by atoms with Gasteiger partial charge in [-0.1, -0.05) is 11.6 Å². The molecule has 12 heteroatoms. The minimum Gasteiger partial charge on any atom is -0.501 e. The summed E-state index contributed by atoms with van der Waals surface area (Å²) in [4.78, 5) is 34.4. The molecule has 0 aliphatic carbocycles. The quantitative estimate of drug-likeness (QED) is 0.382. The summed E-state index contributed by atoms with van der Waals surface area (Å²) in [6.45, 7) is 0. The van der Waals surface area contributed by atoms with E-state index in [1.54, 1.807) is 0 Å². The van der Waals surface area contributed by atoms with Crippen molar-refractivity contribution in [3.63, 3.8) is 0 Å². The number of amides is 2. The molecule has 0 aromatic heterocycles. The Bertz CT molecular complexity index is 1040. The van der Waals surface area contributed by atoms with Crippen molar-refractivity contribution in [3.8, 4) is 5.75 Å². The monoisotopic (exact) mass is 421 g/mol. The van der Waals surface area contributed by atoms with Gasteiger partial charge in [0.1, 0.15) is 17.6 Å². The molecule has 10 nitrogen and oxygen atoms in total. The Hall–Kier alpha value is -3.73.